The van der Waals surface area contributed by atoms with Gasteiger partial charge in [-0.15, -0.1) is 0 Å². The highest BCUT2D eigenvalue weighted by molar-refractivity contribution is 5.86. The predicted octanol–water partition coefficient (Wildman–Crippen LogP) is 5.76. The lowest BCUT2D eigenvalue weighted by atomic mass is 10.0. The van der Waals surface area contributed by atoms with Crippen LogP contribution in [0.25, 0.3) is 16.5 Å². The number of hydrogen-bond donors (Lipinski definition) is 1. The number of aromatic amines is 1. The van der Waals surface area contributed by atoms with E-state index in [-0.39, 0.29) is 0 Å². The number of rotatable bonds is 8. The highest BCUT2D eigenvalue weighted by atomic mass is 15.1. The van der Waals surface area contributed by atoms with Crippen molar-refractivity contribution >= 4 is 16.5 Å². The van der Waals surface area contributed by atoms with Gasteiger partial charge >= 0.3 is 0 Å². The van der Waals surface area contributed by atoms with Gasteiger partial charge in [-0.3, -0.25) is 0 Å². The van der Waals surface area contributed by atoms with Gasteiger partial charge < -0.3 is 9.88 Å². The maximum atomic E-state index is 4.40. The first-order valence-corrected chi connectivity index (χ1v) is 8.56. The Balaban J connectivity index is 2.38. The molecule has 0 aliphatic carbocycles. The predicted molar refractivity (Wildman–Crippen MR) is 102 cm³/mol. The zero-order chi connectivity index (χ0) is 16.7. The van der Waals surface area contributed by atoms with Crippen molar-refractivity contribution in [2.75, 3.05) is 13.1 Å². The monoisotopic (exact) mass is 308 g/mol. The molecule has 0 radical (unpaired) electrons. The molecule has 2 aromatic rings. The summed E-state index contributed by atoms with van der Waals surface area (Å²) in [5.41, 5.74) is 4.67. The van der Waals surface area contributed by atoms with Crippen molar-refractivity contribution in [1.82, 2.24) is 9.88 Å². The quantitative estimate of drug-likeness (QED) is 0.614. The molecule has 0 atom stereocenters. The number of H-pyrrole nitrogens is 1. The van der Waals surface area contributed by atoms with Gasteiger partial charge in [0.1, 0.15) is 0 Å². The summed E-state index contributed by atoms with van der Waals surface area (Å²) in [4.78, 5) is 5.69. The molecule has 0 unspecified atom stereocenters. The summed E-state index contributed by atoms with van der Waals surface area (Å²) in [6, 6.07) is 8.61. The van der Waals surface area contributed by atoms with Gasteiger partial charge in [0.2, 0.25) is 0 Å². The Morgan fingerprint density at radius 1 is 1.17 bits per heavy atom. The van der Waals surface area contributed by atoms with Gasteiger partial charge in [-0.1, -0.05) is 38.6 Å². The van der Waals surface area contributed by atoms with Crippen LogP contribution in [0.2, 0.25) is 0 Å². The van der Waals surface area contributed by atoms with E-state index in [0.29, 0.717) is 0 Å². The van der Waals surface area contributed by atoms with E-state index in [0.717, 1.165) is 31.5 Å². The van der Waals surface area contributed by atoms with Gasteiger partial charge in [0, 0.05) is 30.5 Å². The lowest BCUT2D eigenvalue weighted by Gasteiger charge is -2.28. The molecule has 2 heteroatoms. The Morgan fingerprint density at radius 2 is 1.91 bits per heavy atom. The topological polar surface area (TPSA) is 19.0 Å². The van der Waals surface area contributed by atoms with Crippen molar-refractivity contribution in [2.24, 2.45) is 0 Å². The summed E-state index contributed by atoms with van der Waals surface area (Å²) in [6.07, 6.45) is 10.6. The Labute approximate surface area is 140 Å². The van der Waals surface area contributed by atoms with Crippen LogP contribution < -0.4 is 0 Å². The molecular formula is C21H28N2. The standard InChI is InChI=1S/C21H28N2/c1-5-8-9-21(23(14-6-2)15-7-3)17(4)18-10-11-20-19(16-18)12-13-22-20/h5,8-13,16,22H,4,6-7,14-15H2,1-3H3/b8-5-,21-9+. The highest BCUT2D eigenvalue weighted by Crippen LogP contribution is 2.27. The zero-order valence-electron chi connectivity index (χ0n) is 14.6. The molecule has 2 nitrogen and oxygen atoms in total. The SMILES string of the molecule is C=C(/C(=C\C=C/C)N(CCC)CCC)c1ccc2[nH]ccc2c1. The average Bonchev–Trinajstić information content (AvgIpc) is 3.02. The van der Waals surface area contributed by atoms with E-state index in [1.165, 1.54) is 22.2 Å². The maximum Gasteiger partial charge on any atom is 0.0454 e. The van der Waals surface area contributed by atoms with Crippen molar-refractivity contribution in [3.63, 3.8) is 0 Å². The molecule has 0 aliphatic heterocycles. The van der Waals surface area contributed by atoms with Crippen LogP contribution in [0.4, 0.5) is 0 Å². The first-order valence-electron chi connectivity index (χ1n) is 8.56. The second kappa shape index (κ2) is 8.42. The van der Waals surface area contributed by atoms with Crippen molar-refractivity contribution in [2.45, 2.75) is 33.6 Å². The summed E-state index contributed by atoms with van der Waals surface area (Å²) in [5, 5.41) is 1.23. The largest absolute Gasteiger partial charge is 0.371 e. The van der Waals surface area contributed by atoms with E-state index in [2.05, 4.69) is 72.8 Å². The molecule has 1 N–H and O–H groups in total. The molecule has 0 amide bonds. The Bertz CT molecular complexity index is 697. The number of nitrogens with zero attached hydrogens (tertiary/aromatic N) is 1. The van der Waals surface area contributed by atoms with Crippen molar-refractivity contribution in [1.29, 1.82) is 0 Å². The molecule has 0 aliphatic rings. The van der Waals surface area contributed by atoms with Gasteiger partial charge in [-0.2, -0.15) is 0 Å². The minimum absolute atomic E-state index is 1.06. The molecule has 23 heavy (non-hydrogen) atoms. The molecule has 0 saturated carbocycles. The van der Waals surface area contributed by atoms with Crippen LogP contribution in [0.5, 0.6) is 0 Å². The third-order valence-electron chi connectivity index (χ3n) is 3.99. The summed E-state index contributed by atoms with van der Waals surface area (Å²) in [6.45, 7) is 13.0. The summed E-state index contributed by atoms with van der Waals surface area (Å²) >= 11 is 0. The number of nitrogens with one attached hydrogen (secondary N) is 1. The van der Waals surface area contributed by atoms with Gasteiger partial charge in [0.15, 0.2) is 0 Å². The Hall–Kier alpha value is -2.22. The van der Waals surface area contributed by atoms with Gasteiger partial charge in [-0.05, 0) is 60.6 Å². The van der Waals surface area contributed by atoms with Gasteiger partial charge in [-0.25, -0.2) is 0 Å². The van der Waals surface area contributed by atoms with E-state index >= 15 is 0 Å². The van der Waals surface area contributed by atoms with Crippen LogP contribution >= 0.6 is 0 Å². The fourth-order valence-corrected chi connectivity index (χ4v) is 2.87. The Kier molecular flexibility index (Phi) is 6.28. The molecule has 0 spiro atoms. The molecule has 2 rings (SSSR count). The molecule has 122 valence electrons. The van der Waals surface area contributed by atoms with Crippen LogP contribution in [0, 0.1) is 0 Å². The highest BCUT2D eigenvalue weighted by Gasteiger charge is 2.13. The molecule has 1 aromatic heterocycles. The molecule has 1 aromatic carbocycles. The molecule has 0 bridgehead atoms. The van der Waals surface area contributed by atoms with E-state index in [1.807, 2.05) is 13.1 Å². The third kappa shape index (κ3) is 4.16. The van der Waals surface area contributed by atoms with Crippen LogP contribution in [-0.4, -0.2) is 23.0 Å². The summed E-state index contributed by atoms with van der Waals surface area (Å²) < 4.78 is 0. The number of aromatic nitrogens is 1. The van der Waals surface area contributed by atoms with E-state index in [4.69, 9.17) is 0 Å². The van der Waals surface area contributed by atoms with E-state index in [1.54, 1.807) is 0 Å². The smallest absolute Gasteiger partial charge is 0.0454 e. The lowest BCUT2D eigenvalue weighted by molar-refractivity contribution is 0.358. The van der Waals surface area contributed by atoms with Crippen LogP contribution in [-0.2, 0) is 0 Å². The molecule has 1 heterocycles. The minimum Gasteiger partial charge on any atom is -0.371 e. The van der Waals surface area contributed by atoms with Crippen LogP contribution in [0.3, 0.4) is 0 Å². The fraction of sp³-hybridized carbons (Fsp3) is 0.333. The van der Waals surface area contributed by atoms with Crippen LogP contribution in [0.15, 0.2) is 61.0 Å². The first kappa shape index (κ1) is 17.1. The molecule has 0 fully saturated rings. The number of fused-ring (bicyclic) bond motifs is 1. The van der Waals surface area contributed by atoms with Crippen molar-refractivity contribution < 1.29 is 0 Å². The lowest BCUT2D eigenvalue weighted by Crippen LogP contribution is -2.25. The van der Waals surface area contributed by atoms with E-state index in [9.17, 15) is 0 Å². The normalized spacial score (nSPS) is 12.2. The number of allylic oxidation sites excluding steroid dienone is 4. The van der Waals surface area contributed by atoms with Crippen molar-refractivity contribution in [3.05, 3.63) is 66.5 Å². The van der Waals surface area contributed by atoms with E-state index < -0.39 is 0 Å². The fourth-order valence-electron chi connectivity index (χ4n) is 2.87. The van der Waals surface area contributed by atoms with Gasteiger partial charge in [0.25, 0.3) is 0 Å². The average molecular weight is 308 g/mol. The minimum atomic E-state index is 1.06. The number of hydrogen-bond acceptors (Lipinski definition) is 1. The number of benzene rings is 1. The van der Waals surface area contributed by atoms with Crippen LogP contribution in [0.1, 0.15) is 39.2 Å². The Morgan fingerprint density at radius 3 is 2.57 bits per heavy atom. The molecule has 0 saturated heterocycles. The summed E-state index contributed by atoms with van der Waals surface area (Å²) in [7, 11) is 0. The maximum absolute atomic E-state index is 4.40. The second-order valence-electron chi connectivity index (χ2n) is 5.82. The second-order valence-corrected chi connectivity index (χ2v) is 5.82. The van der Waals surface area contributed by atoms with Crippen molar-refractivity contribution in [3.8, 4) is 0 Å². The first-order chi connectivity index (χ1) is 11.2. The summed E-state index contributed by atoms with van der Waals surface area (Å²) in [5.74, 6) is 0. The zero-order valence-corrected chi connectivity index (χ0v) is 14.6. The molecular weight excluding hydrogens is 280 g/mol. The van der Waals surface area contributed by atoms with Gasteiger partial charge in [0.05, 0.1) is 0 Å². The third-order valence-corrected chi connectivity index (χ3v) is 3.99.